The molecular formula is C11H14Cl2N2O2S. The van der Waals surface area contributed by atoms with E-state index in [0.29, 0.717) is 16.5 Å². The monoisotopic (exact) mass is 308 g/mol. The Bertz CT molecular complexity index is 548. The van der Waals surface area contributed by atoms with Gasteiger partial charge in [0.2, 0.25) is 0 Å². The standard InChI is InChI=1S/C11H14Cl2N2O2S/c12-9-3-1-2-8(10(9)13)11(15-14)7-4-5-18(16,17)6-7/h1-3,7,11,15H,4-6,14H2. The highest BCUT2D eigenvalue weighted by molar-refractivity contribution is 7.91. The van der Waals surface area contributed by atoms with Crippen LogP contribution < -0.4 is 11.3 Å². The van der Waals surface area contributed by atoms with Gasteiger partial charge in [-0.25, -0.2) is 8.42 Å². The van der Waals surface area contributed by atoms with E-state index < -0.39 is 9.84 Å². The Balaban J connectivity index is 2.32. The lowest BCUT2D eigenvalue weighted by Crippen LogP contribution is -2.34. The van der Waals surface area contributed by atoms with Crippen molar-refractivity contribution in [1.82, 2.24) is 5.43 Å². The van der Waals surface area contributed by atoms with Crippen molar-refractivity contribution in [1.29, 1.82) is 0 Å². The van der Waals surface area contributed by atoms with Crippen molar-refractivity contribution in [2.75, 3.05) is 11.5 Å². The van der Waals surface area contributed by atoms with Crippen molar-refractivity contribution in [3.8, 4) is 0 Å². The van der Waals surface area contributed by atoms with Crippen LogP contribution >= 0.6 is 23.2 Å². The maximum atomic E-state index is 11.5. The molecule has 1 aliphatic heterocycles. The van der Waals surface area contributed by atoms with E-state index in [9.17, 15) is 8.42 Å². The van der Waals surface area contributed by atoms with E-state index in [1.807, 2.05) is 6.07 Å². The van der Waals surface area contributed by atoms with Crippen LogP contribution in [0.1, 0.15) is 18.0 Å². The minimum Gasteiger partial charge on any atom is -0.271 e. The molecule has 1 heterocycles. The third-order valence-corrected chi connectivity index (χ3v) is 5.86. The second-order valence-electron chi connectivity index (χ2n) is 4.45. The van der Waals surface area contributed by atoms with E-state index in [-0.39, 0.29) is 23.5 Å². The zero-order chi connectivity index (χ0) is 13.3. The lowest BCUT2D eigenvalue weighted by Gasteiger charge is -2.23. The van der Waals surface area contributed by atoms with Crippen LogP contribution in [0.2, 0.25) is 10.0 Å². The molecule has 0 radical (unpaired) electrons. The largest absolute Gasteiger partial charge is 0.271 e. The van der Waals surface area contributed by atoms with Gasteiger partial charge in [0.15, 0.2) is 9.84 Å². The Morgan fingerprint density at radius 3 is 2.67 bits per heavy atom. The third-order valence-electron chi connectivity index (χ3n) is 3.24. The zero-order valence-electron chi connectivity index (χ0n) is 9.57. The minimum atomic E-state index is -2.95. The smallest absolute Gasteiger partial charge is 0.150 e. The highest BCUT2D eigenvalue weighted by atomic mass is 35.5. The first-order valence-electron chi connectivity index (χ1n) is 5.55. The van der Waals surface area contributed by atoms with Gasteiger partial charge in [-0.3, -0.25) is 11.3 Å². The fourth-order valence-electron chi connectivity index (χ4n) is 2.33. The van der Waals surface area contributed by atoms with Crippen LogP contribution in [0.3, 0.4) is 0 Å². The zero-order valence-corrected chi connectivity index (χ0v) is 11.9. The maximum absolute atomic E-state index is 11.5. The van der Waals surface area contributed by atoms with Crippen molar-refractivity contribution in [2.24, 2.45) is 11.8 Å². The fraction of sp³-hybridized carbons (Fsp3) is 0.455. The second-order valence-corrected chi connectivity index (χ2v) is 7.46. The number of halogens is 2. The topological polar surface area (TPSA) is 72.2 Å². The predicted octanol–water partition coefficient (Wildman–Crippen LogP) is 1.93. The molecule has 1 aromatic rings. The van der Waals surface area contributed by atoms with Crippen molar-refractivity contribution in [2.45, 2.75) is 12.5 Å². The summed E-state index contributed by atoms with van der Waals surface area (Å²) in [5.74, 6) is 5.80. The first kappa shape index (κ1) is 14.1. The Hall–Kier alpha value is -0.330. The number of benzene rings is 1. The SMILES string of the molecule is NNC(c1cccc(Cl)c1Cl)C1CCS(=O)(=O)C1. The summed E-state index contributed by atoms with van der Waals surface area (Å²) in [4.78, 5) is 0. The summed E-state index contributed by atoms with van der Waals surface area (Å²) >= 11 is 12.1. The van der Waals surface area contributed by atoms with E-state index in [0.717, 1.165) is 5.56 Å². The number of hydrogen-bond acceptors (Lipinski definition) is 4. The average Bonchev–Trinajstić information content (AvgIpc) is 2.66. The second kappa shape index (κ2) is 5.35. The van der Waals surface area contributed by atoms with Gasteiger partial charge in [0.05, 0.1) is 27.6 Å². The average molecular weight is 309 g/mol. The van der Waals surface area contributed by atoms with Crippen molar-refractivity contribution in [3.63, 3.8) is 0 Å². The van der Waals surface area contributed by atoms with Gasteiger partial charge in [-0.2, -0.15) is 0 Å². The molecule has 0 aliphatic carbocycles. The van der Waals surface area contributed by atoms with Crippen LogP contribution in [0.15, 0.2) is 18.2 Å². The molecule has 2 rings (SSSR count). The van der Waals surface area contributed by atoms with Gasteiger partial charge in [0, 0.05) is 0 Å². The molecule has 0 amide bonds. The molecule has 1 saturated heterocycles. The van der Waals surface area contributed by atoms with Gasteiger partial charge in [-0.1, -0.05) is 35.3 Å². The van der Waals surface area contributed by atoms with Crippen LogP contribution in [0, 0.1) is 5.92 Å². The normalized spacial score (nSPS) is 24.1. The highest BCUT2D eigenvalue weighted by Gasteiger charge is 2.35. The summed E-state index contributed by atoms with van der Waals surface area (Å²) in [5, 5.41) is 0.863. The number of nitrogens with one attached hydrogen (secondary N) is 1. The molecule has 3 N–H and O–H groups in total. The molecule has 1 fully saturated rings. The number of sulfone groups is 1. The fourth-order valence-corrected chi connectivity index (χ4v) is 4.59. The quantitative estimate of drug-likeness (QED) is 0.661. The van der Waals surface area contributed by atoms with Gasteiger partial charge in [-0.05, 0) is 24.0 Å². The van der Waals surface area contributed by atoms with Gasteiger partial charge >= 0.3 is 0 Å². The summed E-state index contributed by atoms with van der Waals surface area (Å²) in [7, 11) is -2.95. The molecule has 18 heavy (non-hydrogen) atoms. The van der Waals surface area contributed by atoms with Gasteiger partial charge in [0.25, 0.3) is 0 Å². The van der Waals surface area contributed by atoms with E-state index in [2.05, 4.69) is 5.43 Å². The highest BCUT2D eigenvalue weighted by Crippen LogP contribution is 2.36. The minimum absolute atomic E-state index is 0.0732. The van der Waals surface area contributed by atoms with Crippen LogP contribution in [0.25, 0.3) is 0 Å². The lowest BCUT2D eigenvalue weighted by atomic mass is 9.93. The molecule has 1 aromatic carbocycles. The maximum Gasteiger partial charge on any atom is 0.150 e. The molecule has 0 spiro atoms. The molecule has 0 aromatic heterocycles. The summed E-state index contributed by atoms with van der Waals surface area (Å²) in [6.07, 6.45) is 0.583. The van der Waals surface area contributed by atoms with E-state index in [1.165, 1.54) is 0 Å². The van der Waals surface area contributed by atoms with Crippen molar-refractivity contribution < 1.29 is 8.42 Å². The molecule has 0 saturated carbocycles. The summed E-state index contributed by atoms with van der Waals surface area (Å²) in [5.41, 5.74) is 3.40. The van der Waals surface area contributed by atoms with Crippen LogP contribution in [-0.2, 0) is 9.84 Å². The molecule has 7 heteroatoms. The third kappa shape index (κ3) is 2.81. The van der Waals surface area contributed by atoms with E-state index >= 15 is 0 Å². The summed E-state index contributed by atoms with van der Waals surface area (Å²) in [6.45, 7) is 0. The van der Waals surface area contributed by atoms with E-state index in [4.69, 9.17) is 29.0 Å². The van der Waals surface area contributed by atoms with E-state index in [1.54, 1.807) is 12.1 Å². The number of hydrogen-bond donors (Lipinski definition) is 2. The van der Waals surface area contributed by atoms with Crippen molar-refractivity contribution in [3.05, 3.63) is 33.8 Å². The molecule has 100 valence electrons. The lowest BCUT2D eigenvalue weighted by molar-refractivity contribution is 0.399. The first-order valence-corrected chi connectivity index (χ1v) is 8.13. The van der Waals surface area contributed by atoms with Gasteiger partial charge in [-0.15, -0.1) is 0 Å². The molecule has 2 atom stereocenters. The Kier molecular flexibility index (Phi) is 4.18. The van der Waals surface area contributed by atoms with Gasteiger partial charge < -0.3 is 0 Å². The van der Waals surface area contributed by atoms with Crippen molar-refractivity contribution >= 4 is 33.0 Å². The summed E-state index contributed by atoms with van der Waals surface area (Å²) < 4.78 is 23.0. The molecule has 0 bridgehead atoms. The molecular weight excluding hydrogens is 295 g/mol. The molecule has 4 nitrogen and oxygen atoms in total. The molecule has 2 unspecified atom stereocenters. The Morgan fingerprint density at radius 2 is 2.11 bits per heavy atom. The Morgan fingerprint density at radius 1 is 1.39 bits per heavy atom. The first-order chi connectivity index (χ1) is 8.44. The predicted molar refractivity (Wildman–Crippen MR) is 73.3 cm³/mol. The molecule has 1 aliphatic rings. The van der Waals surface area contributed by atoms with Gasteiger partial charge in [0.1, 0.15) is 0 Å². The summed E-state index contributed by atoms with van der Waals surface area (Å²) in [6, 6.07) is 4.97. The Labute approximate surface area is 116 Å². The number of nitrogens with two attached hydrogens (primary N) is 1. The van der Waals surface area contributed by atoms with Crippen LogP contribution in [0.4, 0.5) is 0 Å². The van der Waals surface area contributed by atoms with Crippen LogP contribution in [0.5, 0.6) is 0 Å². The number of hydrazine groups is 1. The number of rotatable bonds is 3. The van der Waals surface area contributed by atoms with Crippen LogP contribution in [-0.4, -0.2) is 19.9 Å².